The molecular weight excluding hydrogens is 274 g/mol. The van der Waals surface area contributed by atoms with Crippen molar-refractivity contribution in [3.63, 3.8) is 0 Å². The monoisotopic (exact) mass is 297 g/mol. The van der Waals surface area contributed by atoms with Gasteiger partial charge < -0.3 is 10.1 Å². The van der Waals surface area contributed by atoms with Crippen LogP contribution in [0.25, 0.3) is 0 Å². The molecule has 0 aliphatic heterocycles. The molecule has 0 aliphatic carbocycles. The molecule has 0 aromatic heterocycles. The van der Waals surface area contributed by atoms with Crippen LogP contribution >= 0.6 is 0 Å². The number of aryl methyl sites for hydroxylation is 1. The van der Waals surface area contributed by atoms with E-state index in [1.54, 1.807) is 7.11 Å². The fraction of sp³-hybridized carbons (Fsp3) is 0.316. The lowest BCUT2D eigenvalue weighted by atomic mass is 10.1. The smallest absolute Gasteiger partial charge is 0.224 e. The van der Waals surface area contributed by atoms with Crippen LogP contribution in [-0.4, -0.2) is 19.6 Å². The van der Waals surface area contributed by atoms with Crippen molar-refractivity contribution in [2.45, 2.75) is 25.7 Å². The summed E-state index contributed by atoms with van der Waals surface area (Å²) in [7, 11) is 1.64. The van der Waals surface area contributed by atoms with Crippen LogP contribution in [0.1, 0.15) is 24.0 Å². The van der Waals surface area contributed by atoms with Crippen LogP contribution in [0, 0.1) is 0 Å². The highest BCUT2D eigenvalue weighted by atomic mass is 16.5. The second kappa shape index (κ2) is 8.88. The van der Waals surface area contributed by atoms with E-state index in [4.69, 9.17) is 4.74 Å². The zero-order valence-electron chi connectivity index (χ0n) is 13.0. The van der Waals surface area contributed by atoms with Gasteiger partial charge in [0.15, 0.2) is 0 Å². The second-order valence-electron chi connectivity index (χ2n) is 5.32. The largest absolute Gasteiger partial charge is 0.497 e. The van der Waals surface area contributed by atoms with E-state index < -0.39 is 0 Å². The van der Waals surface area contributed by atoms with E-state index in [1.165, 1.54) is 5.56 Å². The van der Waals surface area contributed by atoms with E-state index >= 15 is 0 Å². The molecule has 2 rings (SSSR count). The van der Waals surface area contributed by atoms with Gasteiger partial charge in [-0.2, -0.15) is 0 Å². The molecule has 0 saturated heterocycles. The highest BCUT2D eigenvalue weighted by Crippen LogP contribution is 2.11. The predicted molar refractivity (Wildman–Crippen MR) is 89.1 cm³/mol. The number of carbonyl (C=O) groups excluding carboxylic acids is 1. The van der Waals surface area contributed by atoms with Gasteiger partial charge in [0.05, 0.1) is 13.5 Å². The lowest BCUT2D eigenvalue weighted by molar-refractivity contribution is -0.120. The number of benzene rings is 2. The number of rotatable bonds is 8. The predicted octanol–water partition coefficient (Wildman–Crippen LogP) is 3.38. The summed E-state index contributed by atoms with van der Waals surface area (Å²) in [5, 5.41) is 2.98. The third-order valence-electron chi connectivity index (χ3n) is 3.58. The average molecular weight is 297 g/mol. The van der Waals surface area contributed by atoms with Crippen molar-refractivity contribution in [3.8, 4) is 5.75 Å². The molecule has 0 radical (unpaired) electrons. The summed E-state index contributed by atoms with van der Waals surface area (Å²) in [6.45, 7) is 0.738. The van der Waals surface area contributed by atoms with Crippen LogP contribution in [0.15, 0.2) is 54.6 Å². The third-order valence-corrected chi connectivity index (χ3v) is 3.58. The van der Waals surface area contributed by atoms with E-state index in [9.17, 15) is 4.79 Å². The molecule has 1 amide bonds. The van der Waals surface area contributed by atoms with E-state index in [0.717, 1.165) is 37.1 Å². The molecule has 3 nitrogen and oxygen atoms in total. The fourth-order valence-corrected chi connectivity index (χ4v) is 2.32. The molecule has 0 unspecified atom stereocenters. The van der Waals surface area contributed by atoms with Gasteiger partial charge in [-0.1, -0.05) is 42.5 Å². The molecule has 0 saturated carbocycles. The van der Waals surface area contributed by atoms with Crippen molar-refractivity contribution < 1.29 is 9.53 Å². The fourth-order valence-electron chi connectivity index (χ4n) is 2.32. The Hall–Kier alpha value is -2.29. The number of nitrogens with one attached hydrogen (secondary N) is 1. The SMILES string of the molecule is COc1ccc(CC(=O)NCCCCc2ccccc2)cc1. The molecule has 0 fully saturated rings. The Kier molecular flexibility index (Phi) is 6.49. The van der Waals surface area contributed by atoms with Gasteiger partial charge in [0.25, 0.3) is 0 Å². The first kappa shape index (κ1) is 16.1. The van der Waals surface area contributed by atoms with Crippen molar-refractivity contribution >= 4 is 5.91 Å². The molecule has 22 heavy (non-hydrogen) atoms. The Bertz CT molecular complexity index is 564. The van der Waals surface area contributed by atoms with Crippen molar-refractivity contribution in [2.24, 2.45) is 0 Å². The first-order valence-corrected chi connectivity index (χ1v) is 7.71. The molecule has 1 N–H and O–H groups in total. The maximum absolute atomic E-state index is 11.9. The van der Waals surface area contributed by atoms with Crippen molar-refractivity contribution in [1.29, 1.82) is 0 Å². The maximum Gasteiger partial charge on any atom is 0.224 e. The van der Waals surface area contributed by atoms with E-state index in [2.05, 4.69) is 29.6 Å². The minimum absolute atomic E-state index is 0.0740. The molecule has 0 heterocycles. The number of hydrogen-bond donors (Lipinski definition) is 1. The first-order valence-electron chi connectivity index (χ1n) is 7.71. The van der Waals surface area contributed by atoms with Crippen LogP contribution in [-0.2, 0) is 17.6 Å². The summed E-state index contributed by atoms with van der Waals surface area (Å²) in [5.74, 6) is 0.884. The van der Waals surface area contributed by atoms with Crippen LogP contribution in [0.2, 0.25) is 0 Å². The Morgan fingerprint density at radius 1 is 0.955 bits per heavy atom. The van der Waals surface area contributed by atoms with Crippen molar-refractivity contribution in [3.05, 3.63) is 65.7 Å². The number of methoxy groups -OCH3 is 1. The zero-order valence-corrected chi connectivity index (χ0v) is 13.0. The summed E-state index contributed by atoms with van der Waals surface area (Å²) in [5.41, 5.74) is 2.36. The molecule has 2 aromatic carbocycles. The van der Waals surface area contributed by atoms with E-state index in [0.29, 0.717) is 6.42 Å². The Morgan fingerprint density at radius 2 is 1.68 bits per heavy atom. The molecule has 0 aliphatic rings. The number of amides is 1. The first-order chi connectivity index (χ1) is 10.8. The van der Waals surface area contributed by atoms with Gasteiger partial charge in [-0.15, -0.1) is 0 Å². The summed E-state index contributed by atoms with van der Waals surface area (Å²) < 4.78 is 5.10. The number of unbranched alkanes of at least 4 members (excludes halogenated alkanes) is 1. The minimum atomic E-state index is 0.0740. The quantitative estimate of drug-likeness (QED) is 0.759. The van der Waals surface area contributed by atoms with Crippen LogP contribution in [0.3, 0.4) is 0 Å². The third kappa shape index (κ3) is 5.60. The normalized spacial score (nSPS) is 10.2. The van der Waals surface area contributed by atoms with E-state index in [1.807, 2.05) is 30.3 Å². The van der Waals surface area contributed by atoms with Crippen molar-refractivity contribution in [1.82, 2.24) is 5.32 Å². The van der Waals surface area contributed by atoms with Gasteiger partial charge in [-0.25, -0.2) is 0 Å². The highest BCUT2D eigenvalue weighted by Gasteiger charge is 2.03. The summed E-state index contributed by atoms with van der Waals surface area (Å²) in [6.07, 6.45) is 3.58. The number of ether oxygens (including phenoxy) is 1. The standard InChI is InChI=1S/C19H23NO2/c1-22-18-12-10-17(11-13-18)15-19(21)20-14-6-5-9-16-7-3-2-4-8-16/h2-4,7-8,10-13H,5-6,9,14-15H2,1H3,(H,20,21). The molecule has 2 aromatic rings. The Balaban J connectivity index is 1.61. The number of hydrogen-bond acceptors (Lipinski definition) is 2. The summed E-state index contributed by atoms with van der Waals surface area (Å²) >= 11 is 0. The topological polar surface area (TPSA) is 38.3 Å². The molecular formula is C19H23NO2. The molecule has 0 atom stereocenters. The summed E-state index contributed by atoms with van der Waals surface area (Å²) in [6, 6.07) is 18.0. The van der Waals surface area contributed by atoms with E-state index in [-0.39, 0.29) is 5.91 Å². The van der Waals surface area contributed by atoms with Crippen LogP contribution in [0.4, 0.5) is 0 Å². The van der Waals surface area contributed by atoms with Gasteiger partial charge >= 0.3 is 0 Å². The summed E-state index contributed by atoms with van der Waals surface area (Å²) in [4.78, 5) is 11.9. The maximum atomic E-state index is 11.9. The van der Waals surface area contributed by atoms with Gasteiger partial charge in [-0.3, -0.25) is 4.79 Å². The van der Waals surface area contributed by atoms with Gasteiger partial charge in [0.2, 0.25) is 5.91 Å². The van der Waals surface area contributed by atoms with Crippen LogP contribution < -0.4 is 10.1 Å². The van der Waals surface area contributed by atoms with Gasteiger partial charge in [0.1, 0.15) is 5.75 Å². The van der Waals surface area contributed by atoms with Gasteiger partial charge in [-0.05, 0) is 42.5 Å². The Morgan fingerprint density at radius 3 is 2.36 bits per heavy atom. The minimum Gasteiger partial charge on any atom is -0.497 e. The van der Waals surface area contributed by atoms with Crippen molar-refractivity contribution in [2.75, 3.05) is 13.7 Å². The molecule has 0 bridgehead atoms. The molecule has 0 spiro atoms. The Labute approximate surface area is 132 Å². The second-order valence-corrected chi connectivity index (χ2v) is 5.32. The van der Waals surface area contributed by atoms with Gasteiger partial charge in [0, 0.05) is 6.54 Å². The van der Waals surface area contributed by atoms with Crippen LogP contribution in [0.5, 0.6) is 5.75 Å². The number of carbonyl (C=O) groups is 1. The lowest BCUT2D eigenvalue weighted by Gasteiger charge is -2.06. The molecule has 3 heteroatoms. The highest BCUT2D eigenvalue weighted by molar-refractivity contribution is 5.78. The zero-order chi connectivity index (χ0) is 15.6. The lowest BCUT2D eigenvalue weighted by Crippen LogP contribution is -2.26. The average Bonchev–Trinajstić information content (AvgIpc) is 2.56. The molecule has 116 valence electrons.